The Balaban J connectivity index is 2.65. The summed E-state index contributed by atoms with van der Waals surface area (Å²) < 4.78 is 0. The number of aromatic nitrogens is 2. The molecule has 1 aromatic carbocycles. The van der Waals surface area contributed by atoms with Gasteiger partial charge in [-0.3, -0.25) is 4.79 Å². The standard InChI is InChI=1S/C11H9ClN2O2/c1-6-7-3-2-4-8(12)11(7)14-9(13-6)5-10(15)16/h2-4H,5H2,1H3,(H,15,16). The largest absolute Gasteiger partial charge is 0.481 e. The fraction of sp³-hybridized carbons (Fsp3) is 0.182. The minimum absolute atomic E-state index is 0.192. The van der Waals surface area contributed by atoms with Gasteiger partial charge in [-0.1, -0.05) is 23.7 Å². The zero-order valence-electron chi connectivity index (χ0n) is 8.57. The second kappa shape index (κ2) is 4.06. The maximum atomic E-state index is 10.6. The van der Waals surface area contributed by atoms with Gasteiger partial charge in [-0.15, -0.1) is 0 Å². The average molecular weight is 237 g/mol. The molecule has 82 valence electrons. The Labute approximate surface area is 96.9 Å². The smallest absolute Gasteiger partial charge is 0.311 e. The highest BCUT2D eigenvalue weighted by molar-refractivity contribution is 6.35. The van der Waals surface area contributed by atoms with Crippen LogP contribution in [0.4, 0.5) is 0 Å². The lowest BCUT2D eigenvalue weighted by atomic mass is 10.2. The number of hydrogen-bond acceptors (Lipinski definition) is 3. The molecule has 1 heterocycles. The predicted octanol–water partition coefficient (Wildman–Crippen LogP) is 2.22. The third-order valence-electron chi connectivity index (χ3n) is 2.22. The topological polar surface area (TPSA) is 63.1 Å². The minimum atomic E-state index is -0.953. The van der Waals surface area contributed by atoms with Crippen LogP contribution in [0.3, 0.4) is 0 Å². The second-order valence-electron chi connectivity index (χ2n) is 3.43. The molecule has 0 saturated heterocycles. The number of carboxylic acids is 1. The monoisotopic (exact) mass is 236 g/mol. The number of rotatable bonds is 2. The van der Waals surface area contributed by atoms with Crippen molar-refractivity contribution in [2.75, 3.05) is 0 Å². The fourth-order valence-corrected chi connectivity index (χ4v) is 1.76. The number of hydrogen-bond donors (Lipinski definition) is 1. The SMILES string of the molecule is Cc1nc(CC(=O)O)nc2c(Cl)cccc12. The van der Waals surface area contributed by atoms with Gasteiger partial charge < -0.3 is 5.11 Å². The summed E-state index contributed by atoms with van der Waals surface area (Å²) in [6, 6.07) is 5.40. The summed E-state index contributed by atoms with van der Waals surface area (Å²) in [6.45, 7) is 1.81. The molecule has 1 aromatic heterocycles. The molecule has 2 rings (SSSR count). The van der Waals surface area contributed by atoms with Gasteiger partial charge in [-0.25, -0.2) is 9.97 Å². The third kappa shape index (κ3) is 1.97. The van der Waals surface area contributed by atoms with Crippen molar-refractivity contribution in [3.63, 3.8) is 0 Å². The van der Waals surface area contributed by atoms with Gasteiger partial charge in [-0.05, 0) is 13.0 Å². The lowest BCUT2D eigenvalue weighted by Crippen LogP contribution is -2.06. The van der Waals surface area contributed by atoms with Gasteiger partial charge in [0.25, 0.3) is 0 Å². The Kier molecular flexibility index (Phi) is 2.75. The van der Waals surface area contributed by atoms with Crippen LogP contribution in [-0.4, -0.2) is 21.0 Å². The van der Waals surface area contributed by atoms with Crippen LogP contribution in [0.25, 0.3) is 10.9 Å². The maximum absolute atomic E-state index is 10.6. The number of aliphatic carboxylic acids is 1. The number of aryl methyl sites for hydroxylation is 1. The van der Waals surface area contributed by atoms with Crippen LogP contribution in [0.15, 0.2) is 18.2 Å². The first-order chi connectivity index (χ1) is 7.58. The molecule has 0 aliphatic heterocycles. The van der Waals surface area contributed by atoms with Crippen molar-refractivity contribution in [2.24, 2.45) is 0 Å². The lowest BCUT2D eigenvalue weighted by molar-refractivity contribution is -0.136. The molecule has 5 heteroatoms. The van der Waals surface area contributed by atoms with Gasteiger partial charge >= 0.3 is 5.97 Å². The Morgan fingerprint density at radius 3 is 2.88 bits per heavy atom. The number of carboxylic acid groups (broad SMARTS) is 1. The second-order valence-corrected chi connectivity index (χ2v) is 3.84. The van der Waals surface area contributed by atoms with Crippen molar-refractivity contribution in [3.8, 4) is 0 Å². The molecule has 0 spiro atoms. The summed E-state index contributed by atoms with van der Waals surface area (Å²) in [4.78, 5) is 18.9. The van der Waals surface area contributed by atoms with Crippen LogP contribution < -0.4 is 0 Å². The van der Waals surface area contributed by atoms with Crippen molar-refractivity contribution in [2.45, 2.75) is 13.3 Å². The van der Waals surface area contributed by atoms with Crippen molar-refractivity contribution < 1.29 is 9.90 Å². The van der Waals surface area contributed by atoms with Crippen LogP contribution in [0.1, 0.15) is 11.5 Å². The molecule has 0 bridgehead atoms. The summed E-state index contributed by atoms with van der Waals surface area (Å²) in [7, 11) is 0. The highest BCUT2D eigenvalue weighted by atomic mass is 35.5. The average Bonchev–Trinajstić information content (AvgIpc) is 2.19. The summed E-state index contributed by atoms with van der Waals surface area (Å²) in [5, 5.41) is 10.0. The molecule has 0 aliphatic rings. The van der Waals surface area contributed by atoms with Gasteiger partial charge in [0, 0.05) is 11.1 Å². The first-order valence-corrected chi connectivity index (χ1v) is 5.09. The minimum Gasteiger partial charge on any atom is -0.481 e. The zero-order valence-corrected chi connectivity index (χ0v) is 9.32. The van der Waals surface area contributed by atoms with E-state index < -0.39 is 5.97 Å². The van der Waals surface area contributed by atoms with Gasteiger partial charge in [0.15, 0.2) is 0 Å². The maximum Gasteiger partial charge on any atom is 0.311 e. The molecule has 2 aromatic rings. The Hall–Kier alpha value is -1.68. The number of benzene rings is 1. The normalized spacial score (nSPS) is 10.6. The van der Waals surface area contributed by atoms with Crippen LogP contribution >= 0.6 is 11.6 Å². The quantitative estimate of drug-likeness (QED) is 0.869. The van der Waals surface area contributed by atoms with Gasteiger partial charge in [-0.2, -0.15) is 0 Å². The molecule has 0 fully saturated rings. The number of nitrogens with zero attached hydrogens (tertiary/aromatic N) is 2. The Morgan fingerprint density at radius 2 is 2.19 bits per heavy atom. The number of carbonyl (C=O) groups is 1. The summed E-state index contributed by atoms with van der Waals surface area (Å²) in [5.41, 5.74) is 1.34. The molecule has 16 heavy (non-hydrogen) atoms. The molecule has 0 aliphatic carbocycles. The van der Waals surface area contributed by atoms with Crippen molar-refractivity contribution in [1.82, 2.24) is 9.97 Å². The van der Waals surface area contributed by atoms with E-state index in [0.29, 0.717) is 10.5 Å². The van der Waals surface area contributed by atoms with Crippen LogP contribution in [0, 0.1) is 6.92 Å². The van der Waals surface area contributed by atoms with E-state index in [-0.39, 0.29) is 12.2 Å². The third-order valence-corrected chi connectivity index (χ3v) is 2.53. The van der Waals surface area contributed by atoms with E-state index in [1.54, 1.807) is 6.07 Å². The van der Waals surface area contributed by atoms with Gasteiger partial charge in [0.1, 0.15) is 12.2 Å². The van der Waals surface area contributed by atoms with E-state index >= 15 is 0 Å². The summed E-state index contributed by atoms with van der Waals surface area (Å²) >= 11 is 6.00. The van der Waals surface area contributed by atoms with Crippen LogP contribution in [0.5, 0.6) is 0 Å². The Bertz CT molecular complexity index is 569. The summed E-state index contributed by atoms with van der Waals surface area (Å²) in [6.07, 6.45) is -0.192. The molecule has 0 saturated carbocycles. The van der Waals surface area contributed by atoms with E-state index in [1.807, 2.05) is 19.1 Å². The fourth-order valence-electron chi connectivity index (χ4n) is 1.54. The molecular formula is C11H9ClN2O2. The Morgan fingerprint density at radius 1 is 1.44 bits per heavy atom. The molecule has 0 atom stereocenters. The highest BCUT2D eigenvalue weighted by Gasteiger charge is 2.09. The first kappa shape index (κ1) is 10.8. The van der Waals surface area contributed by atoms with E-state index in [0.717, 1.165) is 11.1 Å². The van der Waals surface area contributed by atoms with E-state index in [9.17, 15) is 4.79 Å². The molecule has 1 N–H and O–H groups in total. The molecule has 4 nitrogen and oxygen atoms in total. The number of para-hydroxylation sites is 1. The molecule has 0 unspecified atom stereocenters. The molecular weight excluding hydrogens is 228 g/mol. The van der Waals surface area contributed by atoms with E-state index in [1.165, 1.54) is 0 Å². The lowest BCUT2D eigenvalue weighted by Gasteiger charge is -2.05. The van der Waals surface area contributed by atoms with Crippen LogP contribution in [-0.2, 0) is 11.2 Å². The van der Waals surface area contributed by atoms with Crippen LogP contribution in [0.2, 0.25) is 5.02 Å². The summed E-state index contributed by atoms with van der Waals surface area (Å²) in [5.74, 6) is -0.670. The van der Waals surface area contributed by atoms with Crippen molar-refractivity contribution in [1.29, 1.82) is 0 Å². The van der Waals surface area contributed by atoms with E-state index in [2.05, 4.69) is 9.97 Å². The van der Waals surface area contributed by atoms with Crippen molar-refractivity contribution >= 4 is 28.5 Å². The first-order valence-electron chi connectivity index (χ1n) is 4.71. The van der Waals surface area contributed by atoms with Crippen molar-refractivity contribution in [3.05, 3.63) is 34.7 Å². The van der Waals surface area contributed by atoms with E-state index in [4.69, 9.17) is 16.7 Å². The van der Waals surface area contributed by atoms with Gasteiger partial charge in [0.2, 0.25) is 0 Å². The molecule has 0 amide bonds. The number of halogens is 1. The highest BCUT2D eigenvalue weighted by Crippen LogP contribution is 2.23. The zero-order chi connectivity index (χ0) is 11.7. The molecule has 0 radical (unpaired) electrons. The predicted molar refractivity (Wildman–Crippen MR) is 60.6 cm³/mol. The number of fused-ring (bicyclic) bond motifs is 1. The van der Waals surface area contributed by atoms with Gasteiger partial charge in [0.05, 0.1) is 10.5 Å².